The summed E-state index contributed by atoms with van der Waals surface area (Å²) in [5.74, 6) is 1.30. The number of methoxy groups -OCH3 is 1. The zero-order valence-corrected chi connectivity index (χ0v) is 16.2. The number of aliphatic hydroxyl groups is 1. The Balaban J connectivity index is 1.61. The first-order chi connectivity index (χ1) is 13.6. The Morgan fingerprint density at radius 2 is 1.96 bits per heavy atom. The molecule has 2 amide bonds. The van der Waals surface area contributed by atoms with Gasteiger partial charge in [-0.25, -0.2) is 9.78 Å². The van der Waals surface area contributed by atoms with E-state index in [0.717, 1.165) is 16.9 Å². The third kappa shape index (κ3) is 7.81. The lowest BCUT2D eigenvalue weighted by Crippen LogP contribution is -2.40. The van der Waals surface area contributed by atoms with Crippen LogP contribution in [0, 0.1) is 0 Å². The minimum Gasteiger partial charge on any atom is -0.497 e. The van der Waals surface area contributed by atoms with E-state index >= 15 is 0 Å². The molecule has 8 nitrogen and oxygen atoms in total. The summed E-state index contributed by atoms with van der Waals surface area (Å²) in [6.45, 7) is 3.33. The minimum atomic E-state index is -0.797. The normalized spacial score (nSPS) is 11.5. The molecular weight excluding hydrogens is 362 g/mol. The van der Waals surface area contributed by atoms with Crippen molar-refractivity contribution >= 4 is 6.03 Å². The van der Waals surface area contributed by atoms with Crippen molar-refractivity contribution in [2.45, 2.75) is 26.2 Å². The number of pyridine rings is 1. The van der Waals surface area contributed by atoms with Gasteiger partial charge in [0.1, 0.15) is 5.75 Å². The Kier molecular flexibility index (Phi) is 9.03. The summed E-state index contributed by atoms with van der Waals surface area (Å²) in [6, 6.07) is 10.7. The molecule has 0 aliphatic rings. The van der Waals surface area contributed by atoms with Gasteiger partial charge in [-0.2, -0.15) is 0 Å². The molecule has 0 bridgehead atoms. The molecule has 2 aromatic rings. The maximum Gasteiger partial charge on any atom is 0.315 e. The molecular formula is C20H27N3O5. The van der Waals surface area contributed by atoms with Crippen LogP contribution in [0.15, 0.2) is 42.6 Å². The van der Waals surface area contributed by atoms with E-state index in [9.17, 15) is 9.90 Å². The highest BCUT2D eigenvalue weighted by Gasteiger charge is 2.08. The highest BCUT2D eigenvalue weighted by Crippen LogP contribution is 2.12. The number of carbonyl (C=O) groups excluding carboxylic acids is 1. The van der Waals surface area contributed by atoms with Crippen molar-refractivity contribution in [2.24, 2.45) is 0 Å². The predicted molar refractivity (Wildman–Crippen MR) is 104 cm³/mol. The third-order valence-electron chi connectivity index (χ3n) is 3.78. The number of rotatable bonds is 11. The molecule has 1 aromatic heterocycles. The first kappa shape index (κ1) is 21.5. The van der Waals surface area contributed by atoms with E-state index in [2.05, 4.69) is 15.6 Å². The SMILES string of the molecule is CCOc1cc(CNC(=O)NCC(O)COCc2ccc(OC)cc2)ccn1. The lowest BCUT2D eigenvalue weighted by atomic mass is 10.2. The number of nitrogens with one attached hydrogen (secondary N) is 2. The molecule has 3 N–H and O–H groups in total. The topological polar surface area (TPSA) is 102 Å². The highest BCUT2D eigenvalue weighted by atomic mass is 16.5. The van der Waals surface area contributed by atoms with Crippen LogP contribution in [-0.4, -0.2) is 49.1 Å². The van der Waals surface area contributed by atoms with Crippen molar-refractivity contribution in [1.82, 2.24) is 15.6 Å². The molecule has 1 aromatic carbocycles. The van der Waals surface area contributed by atoms with Crippen molar-refractivity contribution in [1.29, 1.82) is 0 Å². The Morgan fingerprint density at radius 1 is 1.18 bits per heavy atom. The summed E-state index contributed by atoms with van der Waals surface area (Å²) in [5.41, 5.74) is 1.85. The number of hydrogen-bond acceptors (Lipinski definition) is 6. The summed E-state index contributed by atoms with van der Waals surface area (Å²) >= 11 is 0. The maximum atomic E-state index is 11.9. The van der Waals surface area contributed by atoms with E-state index in [1.807, 2.05) is 31.2 Å². The standard InChI is InChI=1S/C20H27N3O5/c1-3-28-19-10-16(8-9-21-19)11-22-20(25)23-12-17(24)14-27-13-15-4-6-18(26-2)7-5-15/h4-10,17,24H,3,11-14H2,1-2H3,(H2,22,23,25). The zero-order chi connectivity index (χ0) is 20.2. The van der Waals surface area contributed by atoms with Crippen LogP contribution in [0.5, 0.6) is 11.6 Å². The predicted octanol–water partition coefficient (Wildman–Crippen LogP) is 1.87. The first-order valence-electron chi connectivity index (χ1n) is 9.09. The molecule has 0 saturated carbocycles. The summed E-state index contributed by atoms with van der Waals surface area (Å²) < 4.78 is 15.9. The summed E-state index contributed by atoms with van der Waals surface area (Å²) in [6.07, 6.45) is 0.832. The molecule has 0 saturated heterocycles. The third-order valence-corrected chi connectivity index (χ3v) is 3.78. The van der Waals surface area contributed by atoms with E-state index < -0.39 is 6.10 Å². The molecule has 0 spiro atoms. The van der Waals surface area contributed by atoms with Crippen LogP contribution in [-0.2, 0) is 17.9 Å². The molecule has 152 valence electrons. The van der Waals surface area contributed by atoms with E-state index in [4.69, 9.17) is 14.2 Å². The molecule has 2 rings (SSSR count). The molecule has 1 atom stereocenters. The van der Waals surface area contributed by atoms with Gasteiger partial charge in [-0.15, -0.1) is 0 Å². The largest absolute Gasteiger partial charge is 0.497 e. The number of urea groups is 1. The minimum absolute atomic E-state index is 0.0922. The number of ether oxygens (including phenoxy) is 3. The van der Waals surface area contributed by atoms with Crippen LogP contribution in [0.4, 0.5) is 4.79 Å². The van der Waals surface area contributed by atoms with Gasteiger partial charge in [0.05, 0.1) is 33.0 Å². The van der Waals surface area contributed by atoms with E-state index in [-0.39, 0.29) is 19.2 Å². The Hall–Kier alpha value is -2.84. The average molecular weight is 389 g/mol. The van der Waals surface area contributed by atoms with Crippen LogP contribution < -0.4 is 20.1 Å². The molecule has 0 radical (unpaired) electrons. The number of aliphatic hydroxyl groups excluding tert-OH is 1. The van der Waals surface area contributed by atoms with Crippen LogP contribution in [0.3, 0.4) is 0 Å². The quantitative estimate of drug-likeness (QED) is 0.542. The van der Waals surface area contributed by atoms with Gasteiger partial charge in [0.2, 0.25) is 5.88 Å². The number of aromatic nitrogens is 1. The number of hydrogen-bond donors (Lipinski definition) is 3. The maximum absolute atomic E-state index is 11.9. The van der Waals surface area contributed by atoms with Crippen molar-refractivity contribution in [3.63, 3.8) is 0 Å². The smallest absolute Gasteiger partial charge is 0.315 e. The number of carbonyl (C=O) groups is 1. The first-order valence-corrected chi connectivity index (χ1v) is 9.09. The molecule has 0 aliphatic carbocycles. The average Bonchev–Trinajstić information content (AvgIpc) is 2.72. The molecule has 8 heteroatoms. The van der Waals surface area contributed by atoms with Crippen LogP contribution in [0.2, 0.25) is 0 Å². The molecule has 28 heavy (non-hydrogen) atoms. The Labute approximate surface area is 164 Å². The van der Waals surface area contributed by atoms with E-state index in [1.54, 1.807) is 25.4 Å². The fourth-order valence-electron chi connectivity index (χ4n) is 2.34. The van der Waals surface area contributed by atoms with Gasteiger partial charge in [0.15, 0.2) is 0 Å². The zero-order valence-electron chi connectivity index (χ0n) is 16.2. The van der Waals surface area contributed by atoms with Crippen molar-refractivity contribution in [2.75, 3.05) is 26.9 Å². The van der Waals surface area contributed by atoms with Gasteiger partial charge in [-0.05, 0) is 36.2 Å². The van der Waals surface area contributed by atoms with Gasteiger partial charge in [0, 0.05) is 25.4 Å². The van der Waals surface area contributed by atoms with Gasteiger partial charge < -0.3 is 30.0 Å². The Morgan fingerprint density at radius 3 is 2.68 bits per heavy atom. The van der Waals surface area contributed by atoms with Gasteiger partial charge >= 0.3 is 6.03 Å². The summed E-state index contributed by atoms with van der Waals surface area (Å²) in [7, 11) is 1.61. The fraction of sp³-hybridized carbons (Fsp3) is 0.400. The summed E-state index contributed by atoms with van der Waals surface area (Å²) in [4.78, 5) is 15.9. The van der Waals surface area contributed by atoms with Crippen molar-refractivity contribution < 1.29 is 24.1 Å². The second-order valence-electron chi connectivity index (χ2n) is 6.02. The second-order valence-corrected chi connectivity index (χ2v) is 6.02. The number of amides is 2. The van der Waals surface area contributed by atoms with Gasteiger partial charge in [-0.1, -0.05) is 12.1 Å². The van der Waals surface area contributed by atoms with Gasteiger partial charge in [-0.3, -0.25) is 0 Å². The molecule has 1 unspecified atom stereocenters. The Bertz CT molecular complexity index is 724. The summed E-state index contributed by atoms with van der Waals surface area (Å²) in [5, 5.41) is 15.3. The molecule has 0 aliphatic heterocycles. The fourth-order valence-corrected chi connectivity index (χ4v) is 2.34. The van der Waals surface area contributed by atoms with E-state index in [0.29, 0.717) is 25.6 Å². The highest BCUT2D eigenvalue weighted by molar-refractivity contribution is 5.73. The second kappa shape index (κ2) is 11.8. The lowest BCUT2D eigenvalue weighted by Gasteiger charge is -2.13. The van der Waals surface area contributed by atoms with Crippen LogP contribution in [0.25, 0.3) is 0 Å². The molecule has 1 heterocycles. The molecule has 0 fully saturated rings. The van der Waals surface area contributed by atoms with Gasteiger partial charge in [0.25, 0.3) is 0 Å². The number of benzene rings is 1. The van der Waals surface area contributed by atoms with Crippen LogP contribution >= 0.6 is 0 Å². The number of nitrogens with zero attached hydrogens (tertiary/aromatic N) is 1. The van der Waals surface area contributed by atoms with Crippen molar-refractivity contribution in [3.05, 3.63) is 53.7 Å². The lowest BCUT2D eigenvalue weighted by molar-refractivity contribution is 0.0300. The van der Waals surface area contributed by atoms with Crippen molar-refractivity contribution in [3.8, 4) is 11.6 Å². The monoisotopic (exact) mass is 389 g/mol. The van der Waals surface area contributed by atoms with Crippen LogP contribution in [0.1, 0.15) is 18.1 Å². The van der Waals surface area contributed by atoms with E-state index in [1.165, 1.54) is 0 Å².